The number of fused-ring (bicyclic) bond motifs is 1. The maximum atomic E-state index is 13.2. The Morgan fingerprint density at radius 3 is 2.42 bits per heavy atom. The molecule has 0 saturated carbocycles. The lowest BCUT2D eigenvalue weighted by molar-refractivity contribution is -0.136. The number of carbonyl (C=O) groups excluding carboxylic acids is 5. The number of aromatic nitrogens is 2. The molecule has 3 aliphatic rings. The molecule has 5 amide bonds. The van der Waals surface area contributed by atoms with Gasteiger partial charge >= 0.3 is 0 Å². The molecule has 1 atom stereocenters. The molecule has 2 aromatic heterocycles. The minimum Gasteiger partial charge on any atom is -0.493 e. The van der Waals surface area contributed by atoms with Crippen LogP contribution in [-0.4, -0.2) is 99.0 Å². The second-order valence-corrected chi connectivity index (χ2v) is 18.1. The first kappa shape index (κ1) is 46.8. The maximum Gasteiger partial charge on any atom is 0.266 e. The van der Waals surface area contributed by atoms with E-state index in [0.29, 0.717) is 56.6 Å². The normalized spacial score (nSPS) is 16.6. The van der Waals surface area contributed by atoms with Crippen LogP contribution >= 0.6 is 11.3 Å². The van der Waals surface area contributed by atoms with Gasteiger partial charge in [-0.3, -0.25) is 34.2 Å². The number of benzene rings is 2. The van der Waals surface area contributed by atoms with Gasteiger partial charge < -0.3 is 30.0 Å². The predicted octanol–water partition coefficient (Wildman–Crippen LogP) is 6.42. The largest absolute Gasteiger partial charge is 0.493 e. The van der Waals surface area contributed by atoms with Gasteiger partial charge in [-0.15, -0.1) is 11.3 Å². The molecule has 2 saturated heterocycles. The number of likely N-dealkylation sites (tertiary alicyclic amines) is 1. The number of aliphatic hydroxyl groups is 1. The smallest absolute Gasteiger partial charge is 0.266 e. The zero-order chi connectivity index (χ0) is 45.9. The Bertz CT molecular complexity index is 2450. The highest BCUT2D eigenvalue weighted by Gasteiger charge is 2.46. The number of rotatable bonds is 19. The van der Waals surface area contributed by atoms with Gasteiger partial charge in [0.05, 0.1) is 40.6 Å². The summed E-state index contributed by atoms with van der Waals surface area (Å²) in [6.07, 6.45) is 11.5. The molecule has 4 N–H and O–H groups in total. The van der Waals surface area contributed by atoms with Crippen molar-refractivity contribution in [2.75, 3.05) is 38.6 Å². The monoisotopic (exact) mass is 904 g/mol. The molecule has 7 rings (SSSR count). The number of pyridine rings is 1. The van der Waals surface area contributed by atoms with Gasteiger partial charge in [0.2, 0.25) is 17.7 Å². The average Bonchev–Trinajstić information content (AvgIpc) is 3.88. The molecular weight excluding hydrogens is 849 g/mol. The lowest BCUT2D eigenvalue weighted by Gasteiger charge is -2.31. The van der Waals surface area contributed by atoms with E-state index in [0.717, 1.165) is 82.8 Å². The highest BCUT2D eigenvalue weighted by Crippen LogP contribution is 2.37. The predicted molar refractivity (Wildman–Crippen MR) is 244 cm³/mol. The van der Waals surface area contributed by atoms with Gasteiger partial charge in [-0.1, -0.05) is 55.7 Å². The van der Waals surface area contributed by atoms with Crippen molar-refractivity contribution in [1.82, 2.24) is 25.1 Å². The summed E-state index contributed by atoms with van der Waals surface area (Å²) < 4.78 is 17.8. The number of imide groups is 2. The second kappa shape index (κ2) is 21.7. The van der Waals surface area contributed by atoms with Crippen molar-refractivity contribution in [3.05, 3.63) is 88.2 Å². The van der Waals surface area contributed by atoms with Gasteiger partial charge in [-0.2, -0.15) is 0 Å². The highest BCUT2D eigenvalue weighted by atomic mass is 32.1. The first-order valence-corrected chi connectivity index (χ1v) is 23.2. The van der Waals surface area contributed by atoms with Crippen molar-refractivity contribution in [3.63, 3.8) is 0 Å². The van der Waals surface area contributed by atoms with Crippen LogP contribution in [0.25, 0.3) is 10.4 Å². The van der Waals surface area contributed by atoms with Crippen LogP contribution in [0.3, 0.4) is 0 Å². The lowest BCUT2D eigenvalue weighted by Crippen LogP contribution is -2.54. The van der Waals surface area contributed by atoms with Crippen LogP contribution in [0.1, 0.15) is 127 Å². The first-order valence-electron chi connectivity index (χ1n) is 22.4. The summed E-state index contributed by atoms with van der Waals surface area (Å²) in [4.78, 5) is 76.2. The Morgan fingerprint density at radius 2 is 1.65 bits per heavy atom. The third-order valence-electron chi connectivity index (χ3n) is 11.6. The third kappa shape index (κ3) is 12.4. The van der Waals surface area contributed by atoms with Crippen molar-refractivity contribution in [2.24, 2.45) is 0 Å². The molecule has 0 aliphatic carbocycles. The van der Waals surface area contributed by atoms with E-state index in [1.165, 1.54) is 0 Å². The fraction of sp³-hybridized carbons (Fsp3) is 0.449. The van der Waals surface area contributed by atoms with Crippen LogP contribution in [0.15, 0.2) is 60.9 Å². The number of carbonyl (C=O) groups is 5. The van der Waals surface area contributed by atoms with Crippen LogP contribution in [0, 0.1) is 11.8 Å². The fourth-order valence-corrected chi connectivity index (χ4v) is 9.10. The van der Waals surface area contributed by atoms with Gasteiger partial charge in [0.15, 0.2) is 11.6 Å². The lowest BCUT2D eigenvalue weighted by atomic mass is 9.97. The van der Waals surface area contributed by atoms with Crippen LogP contribution < -0.4 is 20.5 Å². The topological polar surface area (TPSA) is 204 Å². The number of hydrogen-bond acceptors (Lipinski definition) is 13. The van der Waals surface area contributed by atoms with Gasteiger partial charge in [-0.25, -0.2) is 9.97 Å². The van der Waals surface area contributed by atoms with E-state index < -0.39 is 35.3 Å². The summed E-state index contributed by atoms with van der Waals surface area (Å²) in [6.45, 7) is 6.34. The van der Waals surface area contributed by atoms with E-state index in [4.69, 9.17) is 24.9 Å². The molecule has 2 aromatic carbocycles. The van der Waals surface area contributed by atoms with Gasteiger partial charge in [-0.05, 0) is 81.8 Å². The summed E-state index contributed by atoms with van der Waals surface area (Å²) in [6, 6.07) is 13.4. The van der Waals surface area contributed by atoms with Crippen molar-refractivity contribution in [2.45, 2.75) is 109 Å². The van der Waals surface area contributed by atoms with Crippen LogP contribution in [-0.2, 0) is 25.7 Å². The molecule has 0 bridgehead atoms. The Morgan fingerprint density at radius 1 is 0.892 bits per heavy atom. The summed E-state index contributed by atoms with van der Waals surface area (Å²) in [7, 11) is 0. The minimum atomic E-state index is -1.08. The van der Waals surface area contributed by atoms with E-state index in [9.17, 15) is 29.1 Å². The summed E-state index contributed by atoms with van der Waals surface area (Å²) in [5, 5.41) is 13.2. The first-order chi connectivity index (χ1) is 31.3. The molecule has 342 valence electrons. The molecule has 0 radical (unpaired) electrons. The summed E-state index contributed by atoms with van der Waals surface area (Å²) >= 11 is 1.63. The number of nitrogens with two attached hydrogens (primary N) is 1. The Kier molecular flexibility index (Phi) is 15.6. The number of unbranched alkanes of at least 4 members (excludes halogenated alkanes) is 5. The summed E-state index contributed by atoms with van der Waals surface area (Å²) in [5.41, 5.74) is 8.04. The van der Waals surface area contributed by atoms with Crippen LogP contribution in [0.2, 0.25) is 0 Å². The quantitative estimate of drug-likeness (QED) is 0.0530. The fourth-order valence-electron chi connectivity index (χ4n) is 8.04. The standard InChI is InChI=1S/C49H56N6O9S/c1-49(2,61)21-17-32-11-9-12-33(27-32)31-64-39-28-35(29-51-44(39)50)40-30-52-46(65-40)34-18-22-54(23-19-34)42(57)20-26-62-24-7-5-3-4-6-8-25-63-38-14-10-13-36-43(38)48(60)55(47(36)59)37-15-16-41(56)53-45(37)58/h9-14,27-30,34,37,61H,3-8,15-16,18-20,22-26,31H2,1-2H3,(H2,50,51)(H,53,56,58). The molecule has 16 heteroatoms. The summed E-state index contributed by atoms with van der Waals surface area (Å²) in [5.74, 6) is 5.13. The molecule has 4 aromatic rings. The number of amides is 5. The van der Waals surface area contributed by atoms with Gasteiger partial charge in [0.1, 0.15) is 24.0 Å². The molecule has 5 heterocycles. The SMILES string of the molecule is CC(C)(O)C#Cc1cccc(COc2cc(-c3cnc(C4CCN(C(=O)CCOCCCCCCCCOc5cccc6c5C(=O)N(C5CCC(=O)NC5=O)C6=O)CC4)s3)cnc2N)c1. The molecule has 15 nitrogen and oxygen atoms in total. The zero-order valence-electron chi connectivity index (χ0n) is 36.9. The van der Waals surface area contributed by atoms with Gasteiger partial charge in [0, 0.05) is 55.6 Å². The van der Waals surface area contributed by atoms with Crippen molar-refractivity contribution >= 4 is 46.7 Å². The average molecular weight is 905 g/mol. The number of hydrogen-bond donors (Lipinski definition) is 3. The van der Waals surface area contributed by atoms with E-state index in [2.05, 4.69) is 22.1 Å². The number of anilines is 1. The molecule has 3 aliphatic heterocycles. The molecule has 65 heavy (non-hydrogen) atoms. The number of nitrogen functional groups attached to an aromatic ring is 1. The number of thiazole rings is 1. The number of nitrogens with zero attached hydrogens (tertiary/aromatic N) is 4. The van der Waals surface area contributed by atoms with Gasteiger partial charge in [0.25, 0.3) is 11.8 Å². The second-order valence-electron chi connectivity index (χ2n) is 17.1. The van der Waals surface area contributed by atoms with Crippen molar-refractivity contribution in [3.8, 4) is 33.8 Å². The molecule has 0 spiro atoms. The number of nitrogens with one attached hydrogen (secondary N) is 1. The van der Waals surface area contributed by atoms with Crippen LogP contribution in [0.5, 0.6) is 11.5 Å². The Hall–Kier alpha value is -6.15. The number of ether oxygens (including phenoxy) is 3. The Labute approximate surface area is 383 Å². The van der Waals surface area contributed by atoms with E-state index in [1.807, 2.05) is 41.4 Å². The van der Waals surface area contributed by atoms with E-state index in [1.54, 1.807) is 49.6 Å². The third-order valence-corrected chi connectivity index (χ3v) is 12.8. The minimum absolute atomic E-state index is 0.0649. The molecular formula is C49H56N6O9S. The highest BCUT2D eigenvalue weighted by molar-refractivity contribution is 7.15. The van der Waals surface area contributed by atoms with Crippen molar-refractivity contribution < 1.29 is 43.3 Å². The van der Waals surface area contributed by atoms with Crippen molar-refractivity contribution in [1.29, 1.82) is 0 Å². The van der Waals surface area contributed by atoms with Crippen LogP contribution in [0.4, 0.5) is 5.82 Å². The molecule has 2 fully saturated rings. The number of piperidine rings is 2. The Balaban J connectivity index is 0.740. The zero-order valence-corrected chi connectivity index (χ0v) is 37.8. The molecule has 1 unspecified atom stereocenters. The van der Waals surface area contributed by atoms with E-state index in [-0.39, 0.29) is 42.4 Å². The van der Waals surface area contributed by atoms with E-state index >= 15 is 0 Å². The maximum absolute atomic E-state index is 13.2.